The third kappa shape index (κ3) is 4.30. The Bertz CT molecular complexity index is 267. The minimum Gasteiger partial charge on any atom is -0.460 e. The smallest absolute Gasteiger partial charge is 0.312 e. The number of rotatable bonds is 6. The van der Waals surface area contributed by atoms with Crippen LogP contribution in [0.5, 0.6) is 0 Å². The zero-order valence-electron chi connectivity index (χ0n) is 11.6. The first-order chi connectivity index (χ1) is 7.79. The summed E-state index contributed by atoms with van der Waals surface area (Å²) in [5, 5.41) is 8.69. The first-order valence-electron chi connectivity index (χ1n) is 6.64. The number of ether oxygens (including phenoxy) is 1. The van der Waals surface area contributed by atoms with Crippen LogP contribution in [0.15, 0.2) is 0 Å². The van der Waals surface area contributed by atoms with Crippen LogP contribution in [0, 0.1) is 11.3 Å². The van der Waals surface area contributed by atoms with Crippen LogP contribution in [-0.4, -0.2) is 23.3 Å². The zero-order chi connectivity index (χ0) is 13.1. The van der Waals surface area contributed by atoms with Crippen molar-refractivity contribution in [1.82, 2.24) is 0 Å². The molecule has 0 aromatic carbocycles. The van der Waals surface area contributed by atoms with E-state index >= 15 is 0 Å². The van der Waals surface area contributed by atoms with Gasteiger partial charge in [-0.25, -0.2) is 0 Å². The molecule has 0 aliphatic heterocycles. The molecule has 1 N–H and O–H groups in total. The van der Waals surface area contributed by atoms with Gasteiger partial charge in [0.1, 0.15) is 5.60 Å². The molecule has 3 heteroatoms. The third-order valence-corrected chi connectivity index (χ3v) is 3.49. The lowest BCUT2D eigenvalue weighted by Crippen LogP contribution is -2.29. The van der Waals surface area contributed by atoms with Gasteiger partial charge in [-0.3, -0.25) is 4.79 Å². The molecule has 0 amide bonds. The molecular formula is C14H26O3. The summed E-state index contributed by atoms with van der Waals surface area (Å²) in [5.41, 5.74) is -0.628. The van der Waals surface area contributed by atoms with Gasteiger partial charge in [0.05, 0.1) is 5.41 Å². The molecule has 1 saturated carbocycles. The van der Waals surface area contributed by atoms with Gasteiger partial charge in [0.25, 0.3) is 0 Å². The van der Waals surface area contributed by atoms with E-state index in [1.165, 1.54) is 0 Å². The molecule has 1 fully saturated rings. The van der Waals surface area contributed by atoms with Gasteiger partial charge in [-0.15, -0.1) is 0 Å². The molecule has 1 aliphatic rings. The fourth-order valence-corrected chi connectivity index (χ4v) is 2.20. The maximum atomic E-state index is 12.0. The number of aliphatic hydroxyl groups is 1. The Morgan fingerprint density at radius 2 is 2.00 bits per heavy atom. The summed E-state index contributed by atoms with van der Waals surface area (Å²) < 4.78 is 5.44. The highest BCUT2D eigenvalue weighted by molar-refractivity contribution is 5.80. The van der Waals surface area contributed by atoms with Crippen LogP contribution in [0.2, 0.25) is 0 Å². The molecule has 0 aromatic rings. The van der Waals surface area contributed by atoms with Crippen LogP contribution < -0.4 is 0 Å². The molecule has 0 spiro atoms. The van der Waals surface area contributed by atoms with Crippen LogP contribution >= 0.6 is 0 Å². The lowest BCUT2D eigenvalue weighted by molar-refractivity contribution is -0.161. The molecule has 0 bridgehead atoms. The van der Waals surface area contributed by atoms with Gasteiger partial charge in [-0.2, -0.15) is 0 Å². The van der Waals surface area contributed by atoms with Gasteiger partial charge < -0.3 is 9.84 Å². The average Bonchev–Trinajstić information content (AvgIpc) is 2.84. The monoisotopic (exact) mass is 242 g/mol. The quantitative estimate of drug-likeness (QED) is 0.575. The number of hydrogen-bond donors (Lipinski definition) is 1. The zero-order valence-corrected chi connectivity index (χ0v) is 11.6. The number of carbonyl (C=O) groups is 1. The van der Waals surface area contributed by atoms with Gasteiger partial charge in [-0.1, -0.05) is 12.8 Å². The topological polar surface area (TPSA) is 46.5 Å². The number of unbranched alkanes of at least 4 members (excludes halogenated alkanes) is 2. The Labute approximate surface area is 105 Å². The molecular weight excluding hydrogens is 216 g/mol. The highest BCUT2D eigenvalue weighted by Gasteiger charge is 2.57. The maximum Gasteiger partial charge on any atom is 0.312 e. The van der Waals surface area contributed by atoms with E-state index in [0.29, 0.717) is 5.92 Å². The molecule has 100 valence electrons. The molecule has 0 saturated heterocycles. The first kappa shape index (κ1) is 14.5. The second kappa shape index (κ2) is 5.38. The molecule has 1 aliphatic carbocycles. The Kier molecular flexibility index (Phi) is 4.59. The Morgan fingerprint density at radius 3 is 2.53 bits per heavy atom. The maximum absolute atomic E-state index is 12.0. The Hall–Kier alpha value is -0.570. The second-order valence-electron chi connectivity index (χ2n) is 6.39. The summed E-state index contributed by atoms with van der Waals surface area (Å²) >= 11 is 0. The predicted molar refractivity (Wildman–Crippen MR) is 67.6 cm³/mol. The Balaban J connectivity index is 2.29. The molecule has 2 atom stereocenters. The van der Waals surface area contributed by atoms with E-state index in [-0.39, 0.29) is 23.6 Å². The summed E-state index contributed by atoms with van der Waals surface area (Å²) in [7, 11) is 0. The summed E-state index contributed by atoms with van der Waals surface area (Å²) in [6.45, 7) is 8.01. The third-order valence-electron chi connectivity index (χ3n) is 3.49. The standard InChI is InChI=1S/C14H26O3/c1-13(2,3)17-12(16)14(4)10-11(14)8-6-5-7-9-15/h11,15H,5-10H2,1-4H3/t11-,14-/m0/s1. The van der Waals surface area contributed by atoms with Crippen LogP contribution in [-0.2, 0) is 9.53 Å². The van der Waals surface area contributed by atoms with Crippen LogP contribution in [0.25, 0.3) is 0 Å². The minimum atomic E-state index is -0.385. The van der Waals surface area contributed by atoms with Crippen molar-refractivity contribution < 1.29 is 14.6 Å². The van der Waals surface area contributed by atoms with Crippen molar-refractivity contribution >= 4 is 5.97 Å². The van der Waals surface area contributed by atoms with Gasteiger partial charge >= 0.3 is 5.97 Å². The van der Waals surface area contributed by atoms with Crippen LogP contribution in [0.1, 0.15) is 59.8 Å². The second-order valence-corrected chi connectivity index (χ2v) is 6.39. The molecule has 0 heterocycles. The van der Waals surface area contributed by atoms with Crippen molar-refractivity contribution in [1.29, 1.82) is 0 Å². The van der Waals surface area contributed by atoms with E-state index in [2.05, 4.69) is 0 Å². The largest absolute Gasteiger partial charge is 0.460 e. The number of carbonyl (C=O) groups excluding carboxylic acids is 1. The van der Waals surface area contributed by atoms with Gasteiger partial charge in [0.15, 0.2) is 0 Å². The van der Waals surface area contributed by atoms with Crippen LogP contribution in [0.4, 0.5) is 0 Å². The fraction of sp³-hybridized carbons (Fsp3) is 0.929. The summed E-state index contributed by atoms with van der Waals surface area (Å²) in [5.74, 6) is 0.438. The highest BCUT2D eigenvalue weighted by Crippen LogP contribution is 2.56. The lowest BCUT2D eigenvalue weighted by atomic mass is 10.0. The van der Waals surface area contributed by atoms with E-state index in [4.69, 9.17) is 9.84 Å². The molecule has 1 rings (SSSR count). The molecule has 3 nitrogen and oxygen atoms in total. The van der Waals surface area contributed by atoms with Gasteiger partial charge in [-0.05, 0) is 52.9 Å². The molecule has 17 heavy (non-hydrogen) atoms. The van der Waals surface area contributed by atoms with E-state index in [1.807, 2.05) is 27.7 Å². The number of esters is 1. The highest BCUT2D eigenvalue weighted by atomic mass is 16.6. The molecule has 0 unspecified atom stereocenters. The van der Waals surface area contributed by atoms with E-state index < -0.39 is 0 Å². The van der Waals surface area contributed by atoms with Crippen molar-refractivity contribution in [2.45, 2.75) is 65.4 Å². The lowest BCUT2D eigenvalue weighted by Gasteiger charge is -2.22. The van der Waals surface area contributed by atoms with Crippen molar-refractivity contribution in [2.24, 2.45) is 11.3 Å². The van der Waals surface area contributed by atoms with E-state index in [0.717, 1.165) is 32.1 Å². The molecule has 0 aromatic heterocycles. The molecule has 0 radical (unpaired) electrons. The minimum absolute atomic E-state index is 0.0443. The van der Waals surface area contributed by atoms with E-state index in [9.17, 15) is 4.79 Å². The van der Waals surface area contributed by atoms with Gasteiger partial charge in [0.2, 0.25) is 0 Å². The normalized spacial score (nSPS) is 27.9. The van der Waals surface area contributed by atoms with Crippen molar-refractivity contribution in [3.05, 3.63) is 0 Å². The SMILES string of the molecule is CC(C)(C)OC(=O)[C@@]1(C)C[C@@H]1CCCCCO. The van der Waals surface area contributed by atoms with Crippen molar-refractivity contribution in [3.63, 3.8) is 0 Å². The van der Waals surface area contributed by atoms with Crippen molar-refractivity contribution in [2.75, 3.05) is 6.61 Å². The fourth-order valence-electron chi connectivity index (χ4n) is 2.20. The predicted octanol–water partition coefficient (Wildman–Crippen LogP) is 2.91. The van der Waals surface area contributed by atoms with Crippen LogP contribution in [0.3, 0.4) is 0 Å². The number of aliphatic hydroxyl groups excluding tert-OH is 1. The Morgan fingerprint density at radius 1 is 1.35 bits per heavy atom. The summed E-state index contributed by atoms with van der Waals surface area (Å²) in [6, 6.07) is 0. The van der Waals surface area contributed by atoms with Crippen molar-refractivity contribution in [3.8, 4) is 0 Å². The first-order valence-corrected chi connectivity index (χ1v) is 6.64. The summed E-state index contributed by atoms with van der Waals surface area (Å²) in [6.07, 6.45) is 5.06. The average molecular weight is 242 g/mol. The number of hydrogen-bond acceptors (Lipinski definition) is 3. The van der Waals surface area contributed by atoms with E-state index in [1.54, 1.807) is 0 Å². The summed E-state index contributed by atoms with van der Waals surface area (Å²) in [4.78, 5) is 12.0. The van der Waals surface area contributed by atoms with Gasteiger partial charge in [0, 0.05) is 6.61 Å².